The molecule has 0 bridgehead atoms. The van der Waals surface area contributed by atoms with Gasteiger partial charge in [0, 0.05) is 39.6 Å². The fourth-order valence-corrected chi connectivity index (χ4v) is 1.09. The van der Waals surface area contributed by atoms with E-state index in [9.17, 15) is 0 Å². The number of anilines is 1. The van der Waals surface area contributed by atoms with Crippen molar-refractivity contribution in [3.05, 3.63) is 23.2 Å². The largest absolute Gasteiger partial charge is 1.00 e. The summed E-state index contributed by atoms with van der Waals surface area (Å²) in [7, 11) is 5.41. The molecule has 0 N–H and O–H groups in total. The predicted molar refractivity (Wildman–Crippen MR) is 59.3 cm³/mol. The summed E-state index contributed by atoms with van der Waals surface area (Å²) in [6.45, 7) is 0. The van der Waals surface area contributed by atoms with E-state index < -0.39 is 0 Å². The quantitative estimate of drug-likeness (QED) is 0.554. The molecule has 86 valence electrons. The molecule has 0 aliphatic rings. The summed E-state index contributed by atoms with van der Waals surface area (Å²) in [5.41, 5.74) is 1.40. The van der Waals surface area contributed by atoms with E-state index >= 15 is 0 Å². The molecular weight excluding hydrogens is 302 g/mol. The minimum Gasteiger partial charge on any atom is -1.00 e. The van der Waals surface area contributed by atoms with Gasteiger partial charge in [-0.05, 0) is 6.07 Å². The van der Waals surface area contributed by atoms with Crippen LogP contribution in [0.5, 0.6) is 5.75 Å². The molecule has 0 aliphatic heterocycles. The first-order valence-corrected chi connectivity index (χ1v) is 3.89. The van der Waals surface area contributed by atoms with E-state index in [-0.39, 0.29) is 44.3 Å². The monoisotopic (exact) mass is 313 g/mol. The second-order valence-electron chi connectivity index (χ2n) is 2.85. The Morgan fingerprint density at radius 3 is 2.25 bits per heavy atom. The summed E-state index contributed by atoms with van der Waals surface area (Å²) in [6.07, 6.45) is 0. The maximum absolute atomic E-state index is 8.57. The molecule has 4 nitrogen and oxygen atoms in total. The topological polar surface area (TPSA) is 40.6 Å². The van der Waals surface area contributed by atoms with Crippen LogP contribution in [0, 0.1) is 5.39 Å². The molecule has 0 heterocycles. The molecule has 16 heavy (non-hydrogen) atoms. The molecule has 7 heteroatoms. The van der Waals surface area contributed by atoms with Crippen LogP contribution in [0.15, 0.2) is 18.2 Å². The average Bonchev–Trinajstić information content (AvgIpc) is 2.16. The van der Waals surface area contributed by atoms with Crippen molar-refractivity contribution >= 4 is 23.8 Å². The Labute approximate surface area is 121 Å². The van der Waals surface area contributed by atoms with Crippen LogP contribution in [-0.4, -0.2) is 21.2 Å². The maximum Gasteiger partial charge on any atom is 0.387 e. The van der Waals surface area contributed by atoms with Crippen molar-refractivity contribution in [1.29, 1.82) is 5.39 Å². The van der Waals surface area contributed by atoms with Gasteiger partial charge in [-0.25, -0.2) is 0 Å². The van der Waals surface area contributed by atoms with E-state index in [0.29, 0.717) is 5.69 Å². The summed E-state index contributed by atoms with van der Waals surface area (Å²) >= 11 is 0. The number of nitrogens with zero attached hydrogens (tertiary/aromatic N) is 3. The molecule has 1 aromatic carbocycles. The van der Waals surface area contributed by atoms with Gasteiger partial charge in [0.15, 0.2) is 4.98 Å². The SMILES string of the molecule is COc1ccc([N+]#N)cc1N(C)C.Cl.[Cl-].[Zn]. The summed E-state index contributed by atoms with van der Waals surface area (Å²) in [5.74, 6) is 0.761. The van der Waals surface area contributed by atoms with Crippen molar-refractivity contribution in [2.75, 3.05) is 26.1 Å². The summed E-state index contributed by atoms with van der Waals surface area (Å²) in [5, 5.41) is 8.57. The molecular formula is C9H13Cl2N3OZn. The number of hydrogen-bond donors (Lipinski definition) is 0. The first-order chi connectivity index (χ1) is 6.19. The van der Waals surface area contributed by atoms with Gasteiger partial charge < -0.3 is 22.0 Å². The van der Waals surface area contributed by atoms with Crippen LogP contribution in [0.4, 0.5) is 11.4 Å². The molecule has 0 saturated carbocycles. The van der Waals surface area contributed by atoms with Crippen LogP contribution in [0.25, 0.3) is 4.98 Å². The predicted octanol–water partition coefficient (Wildman–Crippen LogP) is -0.331. The Morgan fingerprint density at radius 1 is 1.31 bits per heavy atom. The molecule has 0 spiro atoms. The minimum atomic E-state index is 0. The van der Waals surface area contributed by atoms with Crippen molar-refractivity contribution in [3.63, 3.8) is 0 Å². The number of halogens is 2. The third-order valence-electron chi connectivity index (χ3n) is 1.76. The van der Waals surface area contributed by atoms with Gasteiger partial charge in [-0.3, -0.25) is 0 Å². The zero-order valence-electron chi connectivity index (χ0n) is 9.48. The van der Waals surface area contributed by atoms with E-state index in [1.807, 2.05) is 19.0 Å². The van der Waals surface area contributed by atoms with Crippen LogP contribution in [0.3, 0.4) is 0 Å². The molecule has 0 fully saturated rings. The van der Waals surface area contributed by atoms with Crippen molar-refractivity contribution in [3.8, 4) is 5.75 Å². The summed E-state index contributed by atoms with van der Waals surface area (Å²) in [4.78, 5) is 5.00. The second kappa shape index (κ2) is 9.65. The van der Waals surface area contributed by atoms with Crippen LogP contribution in [0.2, 0.25) is 0 Å². The molecule has 0 aromatic heterocycles. The number of benzene rings is 1. The normalized spacial score (nSPS) is 7.38. The van der Waals surface area contributed by atoms with E-state index in [2.05, 4.69) is 4.98 Å². The van der Waals surface area contributed by atoms with Gasteiger partial charge >= 0.3 is 5.69 Å². The van der Waals surface area contributed by atoms with E-state index in [0.717, 1.165) is 11.4 Å². The molecule has 0 atom stereocenters. The van der Waals surface area contributed by atoms with Crippen molar-refractivity contribution in [2.24, 2.45) is 0 Å². The fourth-order valence-electron chi connectivity index (χ4n) is 1.09. The molecule has 0 saturated heterocycles. The third-order valence-corrected chi connectivity index (χ3v) is 1.76. The molecule has 0 aliphatic carbocycles. The van der Waals surface area contributed by atoms with E-state index in [1.165, 1.54) is 0 Å². The van der Waals surface area contributed by atoms with E-state index in [4.69, 9.17) is 10.1 Å². The standard InChI is InChI=1S/C9H12N3O.2ClH.Zn/c1-12(2)8-6-7(11-10)4-5-9(8)13-3;;;/h4-6H,1-3H3;2*1H;/q+1;;;/p-1. The van der Waals surface area contributed by atoms with Gasteiger partial charge in [-0.15, -0.1) is 12.4 Å². The number of hydrogen-bond acceptors (Lipinski definition) is 3. The van der Waals surface area contributed by atoms with Crippen LogP contribution >= 0.6 is 12.4 Å². The summed E-state index contributed by atoms with van der Waals surface area (Å²) < 4.78 is 5.14. The number of methoxy groups -OCH3 is 1. The molecule has 0 amide bonds. The minimum absolute atomic E-state index is 0. The van der Waals surface area contributed by atoms with Crippen LogP contribution in [-0.2, 0) is 19.5 Å². The van der Waals surface area contributed by atoms with E-state index in [1.54, 1.807) is 25.3 Å². The summed E-state index contributed by atoms with van der Waals surface area (Å²) in [6, 6.07) is 5.20. The Bertz CT molecular complexity index is 355. The van der Waals surface area contributed by atoms with Crippen molar-refractivity contribution in [1.82, 2.24) is 0 Å². The van der Waals surface area contributed by atoms with Gasteiger partial charge in [-0.1, -0.05) is 0 Å². The molecule has 1 rings (SSSR count). The van der Waals surface area contributed by atoms with Crippen molar-refractivity contribution in [2.45, 2.75) is 0 Å². The van der Waals surface area contributed by atoms with Gasteiger partial charge in [0.05, 0.1) is 18.9 Å². The Morgan fingerprint density at radius 2 is 1.88 bits per heavy atom. The Kier molecular flexibility index (Phi) is 12.6. The van der Waals surface area contributed by atoms with Gasteiger partial charge in [0.2, 0.25) is 5.39 Å². The third kappa shape index (κ3) is 4.98. The van der Waals surface area contributed by atoms with Gasteiger partial charge in [-0.2, -0.15) is 0 Å². The molecule has 0 radical (unpaired) electrons. The van der Waals surface area contributed by atoms with Gasteiger partial charge in [0.25, 0.3) is 0 Å². The Balaban J connectivity index is -0.000000563. The molecule has 1 aromatic rings. The van der Waals surface area contributed by atoms with Crippen LogP contribution < -0.4 is 22.0 Å². The zero-order chi connectivity index (χ0) is 9.84. The zero-order valence-corrected chi connectivity index (χ0v) is 14.0. The second-order valence-corrected chi connectivity index (χ2v) is 2.85. The number of ether oxygens (including phenoxy) is 1. The van der Waals surface area contributed by atoms with Gasteiger partial charge in [0.1, 0.15) is 5.75 Å². The average molecular weight is 316 g/mol. The number of diazo groups is 1. The number of rotatable bonds is 2. The Hall–Kier alpha value is -0.557. The first-order valence-electron chi connectivity index (χ1n) is 3.89. The first kappa shape index (κ1) is 20.8. The van der Waals surface area contributed by atoms with Crippen molar-refractivity contribution < 1.29 is 36.6 Å². The maximum atomic E-state index is 8.57. The van der Waals surface area contributed by atoms with Crippen LogP contribution in [0.1, 0.15) is 0 Å². The molecule has 0 unspecified atom stereocenters. The fraction of sp³-hybridized carbons (Fsp3) is 0.333. The smallest absolute Gasteiger partial charge is 0.387 e.